The van der Waals surface area contributed by atoms with Crippen LogP contribution in [-0.2, 0) is 16.6 Å². The van der Waals surface area contributed by atoms with Crippen molar-refractivity contribution < 1.29 is 9.59 Å². The number of hydrogen-bond donors (Lipinski definition) is 3. The molecule has 1 aromatic carbocycles. The Balaban J connectivity index is 1.27. The Morgan fingerprint density at radius 1 is 0.938 bits per heavy atom. The van der Waals surface area contributed by atoms with E-state index in [4.69, 9.17) is 0 Å². The predicted octanol–water partition coefficient (Wildman–Crippen LogP) is 2.77. The second kappa shape index (κ2) is 9.46. The number of amides is 2. The van der Waals surface area contributed by atoms with Gasteiger partial charge in [-0.25, -0.2) is 0 Å². The lowest BCUT2D eigenvalue weighted by atomic mass is 9.96. The average molecular weight is 435 g/mol. The third-order valence-corrected chi connectivity index (χ3v) is 5.39. The quantitative estimate of drug-likeness (QED) is 0.546. The van der Waals surface area contributed by atoms with Gasteiger partial charge in [-0.1, -0.05) is 0 Å². The van der Waals surface area contributed by atoms with Crippen LogP contribution in [0.25, 0.3) is 0 Å². The standard InChI is InChI=1S/C22H26N8O2/c1-15(31)24-17-3-5-18(6-4-17)25-22(32)16-10-13-30(14-11-16)21-8-7-19(27-28-21)26-20-9-12-23-29(20)2/h3-9,12,16H,10-11,13-14H2,1-2H3,(H,24,31)(H,25,32)(H,26,27). The molecule has 1 aliphatic heterocycles. The van der Waals surface area contributed by atoms with Crippen molar-refractivity contribution in [2.24, 2.45) is 13.0 Å². The van der Waals surface area contributed by atoms with Gasteiger partial charge in [-0.15, -0.1) is 10.2 Å². The van der Waals surface area contributed by atoms with Crippen LogP contribution in [0, 0.1) is 5.92 Å². The minimum Gasteiger partial charge on any atom is -0.355 e. The molecule has 32 heavy (non-hydrogen) atoms. The van der Waals surface area contributed by atoms with E-state index in [1.807, 2.05) is 25.2 Å². The molecule has 1 aliphatic rings. The maximum Gasteiger partial charge on any atom is 0.227 e. The van der Waals surface area contributed by atoms with Gasteiger partial charge in [-0.3, -0.25) is 14.3 Å². The number of aryl methyl sites for hydroxylation is 1. The Bertz CT molecular complexity index is 1070. The molecule has 2 amide bonds. The second-order valence-electron chi connectivity index (χ2n) is 7.75. The Morgan fingerprint density at radius 3 is 2.19 bits per heavy atom. The highest BCUT2D eigenvalue weighted by molar-refractivity contribution is 5.93. The summed E-state index contributed by atoms with van der Waals surface area (Å²) in [5.74, 6) is 2.11. The number of rotatable bonds is 6. The molecule has 3 N–H and O–H groups in total. The van der Waals surface area contributed by atoms with Gasteiger partial charge in [0.2, 0.25) is 11.8 Å². The molecular weight excluding hydrogens is 408 g/mol. The van der Waals surface area contributed by atoms with Crippen LogP contribution < -0.4 is 20.9 Å². The SMILES string of the molecule is CC(=O)Nc1ccc(NC(=O)C2CCN(c3ccc(Nc4ccnn4C)nn3)CC2)cc1. The van der Waals surface area contributed by atoms with Gasteiger partial charge in [0, 0.05) is 50.4 Å². The molecule has 0 bridgehead atoms. The van der Waals surface area contributed by atoms with Gasteiger partial charge in [0.25, 0.3) is 0 Å². The van der Waals surface area contributed by atoms with Crippen molar-refractivity contribution in [3.63, 3.8) is 0 Å². The fourth-order valence-electron chi connectivity index (χ4n) is 3.64. The summed E-state index contributed by atoms with van der Waals surface area (Å²) in [6.45, 7) is 2.94. The van der Waals surface area contributed by atoms with Crippen LogP contribution in [0.2, 0.25) is 0 Å². The van der Waals surface area contributed by atoms with Gasteiger partial charge in [0.15, 0.2) is 11.6 Å². The van der Waals surface area contributed by atoms with Crippen LogP contribution in [-0.4, -0.2) is 44.9 Å². The first-order chi connectivity index (χ1) is 15.5. The van der Waals surface area contributed by atoms with Crippen molar-refractivity contribution in [3.8, 4) is 0 Å². The smallest absolute Gasteiger partial charge is 0.227 e. The minimum atomic E-state index is -0.127. The Hall–Kier alpha value is -3.95. The summed E-state index contributed by atoms with van der Waals surface area (Å²) in [5, 5.41) is 21.6. The summed E-state index contributed by atoms with van der Waals surface area (Å²) in [5.41, 5.74) is 1.42. The molecule has 3 heterocycles. The van der Waals surface area contributed by atoms with Crippen LogP contribution in [0.3, 0.4) is 0 Å². The fraction of sp³-hybridized carbons (Fsp3) is 0.318. The van der Waals surface area contributed by atoms with E-state index in [-0.39, 0.29) is 17.7 Å². The first kappa shape index (κ1) is 21.3. The number of nitrogens with one attached hydrogen (secondary N) is 3. The summed E-state index contributed by atoms with van der Waals surface area (Å²) >= 11 is 0. The molecular formula is C22H26N8O2. The normalized spacial score (nSPS) is 14.1. The number of anilines is 5. The number of hydrogen-bond acceptors (Lipinski definition) is 7. The van der Waals surface area contributed by atoms with Crippen LogP contribution in [0.15, 0.2) is 48.7 Å². The third kappa shape index (κ3) is 5.20. The van der Waals surface area contributed by atoms with E-state index in [1.54, 1.807) is 35.1 Å². The molecule has 166 valence electrons. The van der Waals surface area contributed by atoms with E-state index in [0.717, 1.165) is 37.6 Å². The molecule has 0 aliphatic carbocycles. The minimum absolute atomic E-state index is 0.0127. The maximum absolute atomic E-state index is 12.7. The number of piperidine rings is 1. The first-order valence-electron chi connectivity index (χ1n) is 10.5. The molecule has 10 heteroatoms. The zero-order chi connectivity index (χ0) is 22.5. The number of carbonyl (C=O) groups excluding carboxylic acids is 2. The molecule has 0 atom stereocenters. The lowest BCUT2D eigenvalue weighted by molar-refractivity contribution is -0.120. The number of nitrogens with zero attached hydrogens (tertiary/aromatic N) is 5. The summed E-state index contributed by atoms with van der Waals surface area (Å²) in [7, 11) is 1.85. The van der Waals surface area contributed by atoms with Crippen LogP contribution >= 0.6 is 0 Å². The highest BCUT2D eigenvalue weighted by Crippen LogP contribution is 2.24. The van der Waals surface area contributed by atoms with Crippen molar-refractivity contribution in [2.75, 3.05) is 33.9 Å². The molecule has 3 aromatic rings. The predicted molar refractivity (Wildman–Crippen MR) is 123 cm³/mol. The summed E-state index contributed by atoms with van der Waals surface area (Å²) in [6.07, 6.45) is 3.20. The van der Waals surface area contributed by atoms with E-state index >= 15 is 0 Å². The van der Waals surface area contributed by atoms with Crippen LogP contribution in [0.4, 0.5) is 28.8 Å². The van der Waals surface area contributed by atoms with Crippen molar-refractivity contribution in [3.05, 3.63) is 48.7 Å². The van der Waals surface area contributed by atoms with Crippen LogP contribution in [0.5, 0.6) is 0 Å². The van der Waals surface area contributed by atoms with E-state index in [2.05, 4.69) is 36.1 Å². The molecule has 2 aromatic heterocycles. The Morgan fingerprint density at radius 2 is 1.62 bits per heavy atom. The molecule has 4 rings (SSSR count). The molecule has 1 fully saturated rings. The highest BCUT2D eigenvalue weighted by Gasteiger charge is 2.26. The van der Waals surface area contributed by atoms with Gasteiger partial charge >= 0.3 is 0 Å². The van der Waals surface area contributed by atoms with Gasteiger partial charge in [-0.05, 0) is 49.2 Å². The van der Waals surface area contributed by atoms with E-state index in [0.29, 0.717) is 17.2 Å². The number of carbonyl (C=O) groups is 2. The topological polar surface area (TPSA) is 117 Å². The molecule has 1 saturated heterocycles. The average Bonchev–Trinajstić information content (AvgIpc) is 3.20. The number of aromatic nitrogens is 4. The van der Waals surface area contributed by atoms with Crippen molar-refractivity contribution in [1.82, 2.24) is 20.0 Å². The molecule has 10 nitrogen and oxygen atoms in total. The van der Waals surface area contributed by atoms with Crippen molar-refractivity contribution in [1.29, 1.82) is 0 Å². The van der Waals surface area contributed by atoms with Gasteiger partial charge in [-0.2, -0.15) is 5.10 Å². The Kier molecular flexibility index (Phi) is 6.29. The fourth-order valence-corrected chi connectivity index (χ4v) is 3.64. The molecule has 0 radical (unpaired) electrons. The molecule has 0 saturated carbocycles. The van der Waals surface area contributed by atoms with E-state index in [9.17, 15) is 9.59 Å². The van der Waals surface area contributed by atoms with Crippen molar-refractivity contribution in [2.45, 2.75) is 19.8 Å². The third-order valence-electron chi connectivity index (χ3n) is 5.39. The summed E-state index contributed by atoms with van der Waals surface area (Å²) in [6, 6.07) is 12.8. The first-order valence-corrected chi connectivity index (χ1v) is 10.5. The zero-order valence-electron chi connectivity index (χ0n) is 18.1. The maximum atomic E-state index is 12.7. The van der Waals surface area contributed by atoms with Gasteiger partial charge in [0.1, 0.15) is 5.82 Å². The van der Waals surface area contributed by atoms with E-state index in [1.165, 1.54) is 6.92 Å². The number of benzene rings is 1. The molecule has 0 spiro atoms. The lowest BCUT2D eigenvalue weighted by Gasteiger charge is -2.31. The summed E-state index contributed by atoms with van der Waals surface area (Å²) in [4.78, 5) is 25.9. The van der Waals surface area contributed by atoms with Gasteiger partial charge in [0.05, 0.1) is 6.20 Å². The van der Waals surface area contributed by atoms with Crippen LogP contribution in [0.1, 0.15) is 19.8 Å². The van der Waals surface area contributed by atoms with Gasteiger partial charge < -0.3 is 20.9 Å². The van der Waals surface area contributed by atoms with E-state index < -0.39 is 0 Å². The second-order valence-corrected chi connectivity index (χ2v) is 7.75. The largest absolute Gasteiger partial charge is 0.355 e. The highest BCUT2D eigenvalue weighted by atomic mass is 16.2. The zero-order valence-corrected chi connectivity index (χ0v) is 18.1. The van der Waals surface area contributed by atoms with Crippen molar-refractivity contribution >= 4 is 40.6 Å². The lowest BCUT2D eigenvalue weighted by Crippen LogP contribution is -2.38. The Labute approximate surface area is 186 Å². The monoisotopic (exact) mass is 434 g/mol. The molecule has 0 unspecified atom stereocenters. The summed E-state index contributed by atoms with van der Waals surface area (Å²) < 4.78 is 1.72.